The Morgan fingerprint density at radius 2 is 2.15 bits per heavy atom. The van der Waals surface area contributed by atoms with Crippen molar-refractivity contribution < 1.29 is 9.21 Å². The van der Waals surface area contributed by atoms with E-state index < -0.39 is 0 Å². The van der Waals surface area contributed by atoms with Crippen molar-refractivity contribution in [2.24, 2.45) is 0 Å². The van der Waals surface area contributed by atoms with Crippen molar-refractivity contribution in [1.82, 2.24) is 19.9 Å². The molecule has 168 valence electrons. The highest BCUT2D eigenvalue weighted by molar-refractivity contribution is 7.13. The van der Waals surface area contributed by atoms with Gasteiger partial charge in [-0.15, -0.1) is 11.3 Å². The van der Waals surface area contributed by atoms with Crippen LogP contribution >= 0.6 is 22.9 Å². The number of carbonyl (C=O) groups is 1. The first kappa shape index (κ1) is 21.8. The first-order valence-electron chi connectivity index (χ1n) is 10.9. The van der Waals surface area contributed by atoms with E-state index in [9.17, 15) is 4.79 Å². The van der Waals surface area contributed by atoms with Crippen molar-refractivity contribution in [3.05, 3.63) is 87.8 Å². The second-order valence-corrected chi connectivity index (χ2v) is 9.55. The number of halogens is 1. The topological polar surface area (TPSA) is 72.1 Å². The Morgan fingerprint density at radius 3 is 2.97 bits per heavy atom. The van der Waals surface area contributed by atoms with Crippen molar-refractivity contribution in [1.29, 1.82) is 0 Å². The van der Waals surface area contributed by atoms with Crippen molar-refractivity contribution in [2.75, 3.05) is 13.1 Å². The molecule has 1 atom stereocenters. The number of piperidine rings is 1. The minimum atomic E-state index is 0.0104. The molecule has 1 fully saturated rings. The van der Waals surface area contributed by atoms with E-state index >= 15 is 0 Å². The molecule has 8 heteroatoms. The lowest BCUT2D eigenvalue weighted by atomic mass is 9.97. The number of hydrogen-bond acceptors (Lipinski definition) is 6. The molecule has 0 unspecified atom stereocenters. The van der Waals surface area contributed by atoms with E-state index in [2.05, 4.69) is 15.0 Å². The maximum absolute atomic E-state index is 13.3. The van der Waals surface area contributed by atoms with Gasteiger partial charge >= 0.3 is 0 Å². The van der Waals surface area contributed by atoms with Gasteiger partial charge in [0.2, 0.25) is 0 Å². The lowest BCUT2D eigenvalue weighted by Gasteiger charge is -2.31. The molecular formula is C25H23ClN4O2S. The molecule has 1 saturated heterocycles. The minimum absolute atomic E-state index is 0.0104. The number of aromatic nitrogens is 3. The minimum Gasteiger partial charge on any atom is -0.445 e. The summed E-state index contributed by atoms with van der Waals surface area (Å²) in [5.74, 6) is 1.59. The average Bonchev–Trinajstić information content (AvgIpc) is 3.48. The second-order valence-electron chi connectivity index (χ2n) is 8.26. The molecule has 0 bridgehead atoms. The molecule has 1 aliphatic heterocycles. The van der Waals surface area contributed by atoms with Crippen LogP contribution in [0, 0.1) is 6.92 Å². The molecule has 5 rings (SSSR count). The Bertz CT molecular complexity index is 1280. The quantitative estimate of drug-likeness (QED) is 0.364. The number of carbonyl (C=O) groups excluding carboxylic acids is 1. The van der Waals surface area contributed by atoms with Crippen molar-refractivity contribution in [2.45, 2.75) is 32.1 Å². The number of nitrogens with zero attached hydrogens (tertiary/aromatic N) is 4. The fourth-order valence-corrected chi connectivity index (χ4v) is 5.21. The number of hydrogen-bond donors (Lipinski definition) is 0. The number of thiazole rings is 1. The van der Waals surface area contributed by atoms with Gasteiger partial charge in [0.1, 0.15) is 5.76 Å². The average molecular weight is 479 g/mol. The summed E-state index contributed by atoms with van der Waals surface area (Å²) >= 11 is 7.62. The molecule has 0 spiro atoms. The zero-order chi connectivity index (χ0) is 22.8. The highest BCUT2D eigenvalue weighted by Gasteiger charge is 2.28. The summed E-state index contributed by atoms with van der Waals surface area (Å²) in [5, 5.41) is 0.707. The maximum atomic E-state index is 13.3. The van der Waals surface area contributed by atoms with Gasteiger partial charge in [0.25, 0.3) is 5.91 Å². The highest BCUT2D eigenvalue weighted by Crippen LogP contribution is 2.30. The van der Waals surface area contributed by atoms with E-state index in [-0.39, 0.29) is 11.8 Å². The van der Waals surface area contributed by atoms with Crippen LogP contribution in [0.1, 0.15) is 52.0 Å². The summed E-state index contributed by atoms with van der Waals surface area (Å²) in [6.07, 6.45) is 5.97. The monoisotopic (exact) mass is 478 g/mol. The maximum Gasteiger partial charge on any atom is 0.254 e. The SMILES string of the molecule is Cc1ncsc1-c1cc(C(=O)N2CCC[C@H](c3ncc(Cc4cccc(Cl)c4)o3)C2)ccn1. The molecular weight excluding hydrogens is 456 g/mol. The van der Waals surface area contributed by atoms with E-state index in [1.165, 1.54) is 11.3 Å². The number of oxazole rings is 1. The predicted molar refractivity (Wildman–Crippen MR) is 129 cm³/mol. The Morgan fingerprint density at radius 1 is 1.24 bits per heavy atom. The van der Waals surface area contributed by atoms with Gasteiger partial charge in [-0.1, -0.05) is 23.7 Å². The fraction of sp³-hybridized carbons (Fsp3) is 0.280. The Kier molecular flexibility index (Phi) is 6.24. The van der Waals surface area contributed by atoms with Crippen LogP contribution < -0.4 is 0 Å². The van der Waals surface area contributed by atoms with Crippen LogP contribution in [0.2, 0.25) is 5.02 Å². The Labute approximate surface area is 201 Å². The lowest BCUT2D eigenvalue weighted by Crippen LogP contribution is -2.39. The summed E-state index contributed by atoms with van der Waals surface area (Å²) in [7, 11) is 0. The number of pyridine rings is 1. The van der Waals surface area contributed by atoms with E-state index in [4.69, 9.17) is 16.0 Å². The van der Waals surface area contributed by atoms with Crippen molar-refractivity contribution in [3.63, 3.8) is 0 Å². The van der Waals surface area contributed by atoms with Gasteiger partial charge < -0.3 is 9.32 Å². The predicted octanol–water partition coefficient (Wildman–Crippen LogP) is 5.77. The molecule has 4 aromatic rings. The number of amides is 1. The third-order valence-electron chi connectivity index (χ3n) is 5.88. The zero-order valence-electron chi connectivity index (χ0n) is 18.2. The van der Waals surface area contributed by atoms with Gasteiger partial charge in [-0.3, -0.25) is 9.78 Å². The van der Waals surface area contributed by atoms with Crippen LogP contribution in [-0.2, 0) is 6.42 Å². The molecule has 4 heterocycles. The third-order valence-corrected chi connectivity index (χ3v) is 7.07. The molecule has 6 nitrogen and oxygen atoms in total. The number of likely N-dealkylation sites (tertiary alicyclic amines) is 1. The van der Waals surface area contributed by atoms with Crippen LogP contribution in [0.25, 0.3) is 10.6 Å². The van der Waals surface area contributed by atoms with Gasteiger partial charge in [0, 0.05) is 36.3 Å². The molecule has 0 aliphatic carbocycles. The van der Waals surface area contributed by atoms with Crippen molar-refractivity contribution >= 4 is 28.8 Å². The van der Waals surface area contributed by atoms with Crippen LogP contribution in [0.5, 0.6) is 0 Å². The van der Waals surface area contributed by atoms with Gasteiger partial charge in [-0.25, -0.2) is 9.97 Å². The Hall–Kier alpha value is -3.03. The smallest absolute Gasteiger partial charge is 0.254 e. The van der Waals surface area contributed by atoms with E-state index in [0.717, 1.165) is 47.0 Å². The van der Waals surface area contributed by atoms with Crippen LogP contribution in [-0.4, -0.2) is 38.8 Å². The van der Waals surface area contributed by atoms with E-state index in [0.29, 0.717) is 29.4 Å². The molecule has 0 radical (unpaired) electrons. The largest absolute Gasteiger partial charge is 0.445 e. The van der Waals surface area contributed by atoms with Crippen molar-refractivity contribution in [3.8, 4) is 10.6 Å². The van der Waals surface area contributed by atoms with Gasteiger partial charge in [-0.2, -0.15) is 0 Å². The lowest BCUT2D eigenvalue weighted by molar-refractivity contribution is 0.0698. The second kappa shape index (κ2) is 9.45. The molecule has 1 aromatic carbocycles. The van der Waals surface area contributed by atoms with Gasteiger partial charge in [0.15, 0.2) is 5.89 Å². The fourth-order valence-electron chi connectivity index (χ4n) is 4.22. The molecule has 0 saturated carbocycles. The molecule has 0 N–H and O–H groups in total. The number of benzene rings is 1. The Balaban J connectivity index is 1.29. The van der Waals surface area contributed by atoms with E-state index in [1.54, 1.807) is 24.0 Å². The number of aryl methyl sites for hydroxylation is 1. The summed E-state index contributed by atoms with van der Waals surface area (Å²) in [4.78, 5) is 29.4. The van der Waals surface area contributed by atoms with Gasteiger partial charge in [0.05, 0.1) is 33.9 Å². The standard InChI is InChI=1S/C25H23ClN4O2S/c1-16-23(33-15-29-16)22-12-18(7-8-27-22)25(31)30-9-3-5-19(14-30)24-28-13-21(32-24)11-17-4-2-6-20(26)10-17/h2,4,6-8,10,12-13,15,19H,3,5,9,11,14H2,1H3/t19-/m0/s1. The summed E-state index contributed by atoms with van der Waals surface area (Å²) in [6, 6.07) is 11.4. The molecule has 3 aromatic heterocycles. The molecule has 1 amide bonds. The summed E-state index contributed by atoms with van der Waals surface area (Å²) in [6.45, 7) is 3.27. The van der Waals surface area contributed by atoms with E-state index in [1.807, 2.05) is 42.2 Å². The first-order chi connectivity index (χ1) is 16.1. The zero-order valence-corrected chi connectivity index (χ0v) is 19.8. The highest BCUT2D eigenvalue weighted by atomic mass is 35.5. The van der Waals surface area contributed by atoms with Crippen LogP contribution in [0.15, 0.2) is 58.7 Å². The number of rotatable bonds is 5. The third kappa shape index (κ3) is 4.84. The first-order valence-corrected chi connectivity index (χ1v) is 12.2. The summed E-state index contributed by atoms with van der Waals surface area (Å²) < 4.78 is 6.07. The normalized spacial score (nSPS) is 16.2. The molecule has 33 heavy (non-hydrogen) atoms. The van der Waals surface area contributed by atoms with Gasteiger partial charge in [-0.05, 0) is 49.6 Å². The van der Waals surface area contributed by atoms with Crippen LogP contribution in [0.3, 0.4) is 0 Å². The van der Waals surface area contributed by atoms with Crippen LogP contribution in [0.4, 0.5) is 0 Å². The molecule has 1 aliphatic rings. The summed E-state index contributed by atoms with van der Waals surface area (Å²) in [5.41, 5.74) is 5.23.